The average Bonchev–Trinajstić information content (AvgIpc) is 2.98. The predicted octanol–water partition coefficient (Wildman–Crippen LogP) is 5.67. The zero-order valence-corrected chi connectivity index (χ0v) is 15.1. The van der Waals surface area contributed by atoms with E-state index in [0.717, 1.165) is 26.2 Å². The zero-order chi connectivity index (χ0) is 16.2. The van der Waals surface area contributed by atoms with Gasteiger partial charge in [0, 0.05) is 15.0 Å². The molecule has 0 radical (unpaired) electrons. The SMILES string of the molecule is Cc1ccc(-c2sccc2CC(=O)Nc2ccc(Br)cc2)cc1. The molecule has 3 rings (SSSR count). The van der Waals surface area contributed by atoms with Gasteiger partial charge in [0.2, 0.25) is 5.91 Å². The average molecular weight is 386 g/mol. The minimum absolute atomic E-state index is 0.000848. The van der Waals surface area contributed by atoms with Crippen molar-refractivity contribution < 1.29 is 4.79 Å². The summed E-state index contributed by atoms with van der Waals surface area (Å²) in [5.74, 6) is -0.000848. The van der Waals surface area contributed by atoms with Gasteiger partial charge in [-0.2, -0.15) is 0 Å². The van der Waals surface area contributed by atoms with Gasteiger partial charge in [-0.15, -0.1) is 11.3 Å². The topological polar surface area (TPSA) is 29.1 Å². The third kappa shape index (κ3) is 4.09. The number of aryl methyl sites for hydroxylation is 1. The first-order valence-corrected chi connectivity index (χ1v) is 8.98. The van der Waals surface area contributed by atoms with Crippen LogP contribution < -0.4 is 5.32 Å². The molecule has 2 aromatic carbocycles. The van der Waals surface area contributed by atoms with Gasteiger partial charge in [0.25, 0.3) is 0 Å². The number of thiophene rings is 1. The van der Waals surface area contributed by atoms with Crippen LogP contribution in [0, 0.1) is 6.92 Å². The summed E-state index contributed by atoms with van der Waals surface area (Å²) in [7, 11) is 0. The molecule has 3 aromatic rings. The molecule has 0 fully saturated rings. The van der Waals surface area contributed by atoms with E-state index >= 15 is 0 Å². The number of hydrogen-bond acceptors (Lipinski definition) is 2. The Kier molecular flexibility index (Phi) is 4.94. The number of amides is 1. The van der Waals surface area contributed by atoms with Crippen LogP contribution >= 0.6 is 27.3 Å². The molecular formula is C19H16BrNOS. The molecule has 0 saturated heterocycles. The van der Waals surface area contributed by atoms with Crippen molar-refractivity contribution in [1.82, 2.24) is 0 Å². The molecule has 1 heterocycles. The number of rotatable bonds is 4. The molecule has 1 N–H and O–H groups in total. The fraction of sp³-hybridized carbons (Fsp3) is 0.105. The highest BCUT2D eigenvalue weighted by molar-refractivity contribution is 9.10. The molecule has 0 saturated carbocycles. The molecule has 0 unspecified atom stereocenters. The largest absolute Gasteiger partial charge is 0.326 e. The monoisotopic (exact) mass is 385 g/mol. The van der Waals surface area contributed by atoms with Crippen molar-refractivity contribution in [3.63, 3.8) is 0 Å². The lowest BCUT2D eigenvalue weighted by atomic mass is 10.1. The van der Waals surface area contributed by atoms with Gasteiger partial charge in [-0.05, 0) is 53.8 Å². The van der Waals surface area contributed by atoms with Crippen LogP contribution in [0.4, 0.5) is 5.69 Å². The number of anilines is 1. The molecular weight excluding hydrogens is 370 g/mol. The first-order chi connectivity index (χ1) is 11.1. The van der Waals surface area contributed by atoms with Gasteiger partial charge < -0.3 is 5.32 Å². The number of hydrogen-bond donors (Lipinski definition) is 1. The zero-order valence-electron chi connectivity index (χ0n) is 12.7. The van der Waals surface area contributed by atoms with E-state index in [0.29, 0.717) is 6.42 Å². The Morgan fingerprint density at radius 2 is 1.74 bits per heavy atom. The van der Waals surface area contributed by atoms with Crippen LogP contribution in [0.3, 0.4) is 0 Å². The lowest BCUT2D eigenvalue weighted by Crippen LogP contribution is -2.14. The van der Waals surface area contributed by atoms with Crippen LogP contribution in [0.1, 0.15) is 11.1 Å². The Hall–Kier alpha value is -1.91. The lowest BCUT2D eigenvalue weighted by molar-refractivity contribution is -0.115. The maximum absolute atomic E-state index is 12.3. The first kappa shape index (κ1) is 16.0. The van der Waals surface area contributed by atoms with Crippen molar-refractivity contribution in [1.29, 1.82) is 0 Å². The summed E-state index contributed by atoms with van der Waals surface area (Å²) in [4.78, 5) is 13.4. The van der Waals surface area contributed by atoms with Crippen molar-refractivity contribution in [3.05, 3.63) is 75.6 Å². The smallest absolute Gasteiger partial charge is 0.228 e. The Balaban J connectivity index is 1.73. The molecule has 1 aromatic heterocycles. The van der Waals surface area contributed by atoms with Gasteiger partial charge in [-0.25, -0.2) is 0 Å². The van der Waals surface area contributed by atoms with E-state index < -0.39 is 0 Å². The van der Waals surface area contributed by atoms with E-state index in [1.54, 1.807) is 11.3 Å². The van der Waals surface area contributed by atoms with Gasteiger partial charge in [0.1, 0.15) is 0 Å². The standard InChI is InChI=1S/C19H16BrNOS/c1-13-2-4-14(5-3-13)19-15(10-11-23-19)12-18(22)21-17-8-6-16(20)7-9-17/h2-11H,12H2,1H3,(H,21,22). The van der Waals surface area contributed by atoms with E-state index in [1.807, 2.05) is 35.7 Å². The molecule has 0 aliphatic carbocycles. The van der Waals surface area contributed by atoms with E-state index in [4.69, 9.17) is 0 Å². The van der Waals surface area contributed by atoms with Gasteiger partial charge in [-0.3, -0.25) is 4.79 Å². The number of benzene rings is 2. The van der Waals surface area contributed by atoms with Crippen LogP contribution in [0.2, 0.25) is 0 Å². The molecule has 116 valence electrons. The van der Waals surface area contributed by atoms with E-state index in [-0.39, 0.29) is 5.91 Å². The highest BCUT2D eigenvalue weighted by Gasteiger charge is 2.11. The quantitative estimate of drug-likeness (QED) is 0.615. The number of halogens is 1. The Bertz CT molecular complexity index is 806. The lowest BCUT2D eigenvalue weighted by Gasteiger charge is -2.07. The maximum atomic E-state index is 12.3. The second kappa shape index (κ2) is 7.11. The first-order valence-electron chi connectivity index (χ1n) is 7.30. The normalized spacial score (nSPS) is 10.5. The fourth-order valence-electron chi connectivity index (χ4n) is 2.34. The maximum Gasteiger partial charge on any atom is 0.228 e. The van der Waals surface area contributed by atoms with Crippen molar-refractivity contribution in [2.24, 2.45) is 0 Å². The molecule has 0 bridgehead atoms. The third-order valence-corrected chi connectivity index (χ3v) is 5.07. The van der Waals surface area contributed by atoms with Crippen LogP contribution in [0.5, 0.6) is 0 Å². The highest BCUT2D eigenvalue weighted by atomic mass is 79.9. The predicted molar refractivity (Wildman–Crippen MR) is 101 cm³/mol. The van der Waals surface area contributed by atoms with Crippen LogP contribution in [-0.2, 0) is 11.2 Å². The van der Waals surface area contributed by atoms with Crippen LogP contribution in [-0.4, -0.2) is 5.91 Å². The minimum atomic E-state index is -0.000848. The summed E-state index contributed by atoms with van der Waals surface area (Å²) in [6.07, 6.45) is 0.378. The fourth-order valence-corrected chi connectivity index (χ4v) is 3.54. The summed E-state index contributed by atoms with van der Waals surface area (Å²) in [5.41, 5.74) is 4.27. The van der Waals surface area contributed by atoms with Crippen molar-refractivity contribution >= 4 is 38.9 Å². The van der Waals surface area contributed by atoms with E-state index in [2.05, 4.69) is 52.4 Å². The van der Waals surface area contributed by atoms with Gasteiger partial charge >= 0.3 is 0 Å². The highest BCUT2D eigenvalue weighted by Crippen LogP contribution is 2.30. The summed E-state index contributed by atoms with van der Waals surface area (Å²) in [6.45, 7) is 2.07. The Labute approximate surface area is 148 Å². The molecule has 0 aliphatic rings. The van der Waals surface area contributed by atoms with Gasteiger partial charge in [0.15, 0.2) is 0 Å². The third-order valence-electron chi connectivity index (χ3n) is 3.54. The molecule has 1 amide bonds. The van der Waals surface area contributed by atoms with Gasteiger partial charge in [0.05, 0.1) is 6.42 Å². The second-order valence-electron chi connectivity index (χ2n) is 5.37. The van der Waals surface area contributed by atoms with E-state index in [9.17, 15) is 4.79 Å². The van der Waals surface area contributed by atoms with E-state index in [1.165, 1.54) is 5.56 Å². The minimum Gasteiger partial charge on any atom is -0.326 e. The molecule has 0 spiro atoms. The van der Waals surface area contributed by atoms with Crippen molar-refractivity contribution in [2.75, 3.05) is 5.32 Å². The number of carbonyl (C=O) groups is 1. The number of carbonyl (C=O) groups excluding carboxylic acids is 1. The second-order valence-corrected chi connectivity index (χ2v) is 7.20. The van der Waals surface area contributed by atoms with Crippen molar-refractivity contribution in [2.45, 2.75) is 13.3 Å². The number of nitrogens with one attached hydrogen (secondary N) is 1. The molecule has 0 atom stereocenters. The summed E-state index contributed by atoms with van der Waals surface area (Å²) >= 11 is 5.06. The van der Waals surface area contributed by atoms with Crippen LogP contribution in [0.15, 0.2) is 64.5 Å². The molecule has 2 nitrogen and oxygen atoms in total. The molecule has 0 aliphatic heterocycles. The van der Waals surface area contributed by atoms with Crippen molar-refractivity contribution in [3.8, 4) is 10.4 Å². The van der Waals surface area contributed by atoms with Crippen LogP contribution in [0.25, 0.3) is 10.4 Å². The molecule has 4 heteroatoms. The summed E-state index contributed by atoms with van der Waals surface area (Å²) in [5, 5.41) is 4.98. The molecule has 23 heavy (non-hydrogen) atoms. The Morgan fingerprint density at radius 1 is 1.04 bits per heavy atom. The van der Waals surface area contributed by atoms with Gasteiger partial charge in [-0.1, -0.05) is 45.8 Å². The summed E-state index contributed by atoms with van der Waals surface area (Å²) < 4.78 is 0.995. The Morgan fingerprint density at radius 3 is 2.43 bits per heavy atom. The summed E-state index contributed by atoms with van der Waals surface area (Å²) in [6, 6.07) is 18.0.